The number of amides is 2. The first kappa shape index (κ1) is 16.7. The van der Waals surface area contributed by atoms with Gasteiger partial charge in [-0.3, -0.25) is 4.72 Å². The fraction of sp³-hybridized carbons (Fsp3) is 0.500. The van der Waals surface area contributed by atoms with Crippen LogP contribution in [0.25, 0.3) is 0 Å². The molecule has 0 rings (SSSR count). The number of aliphatic carboxylic acids is 1. The Morgan fingerprint density at radius 3 is 2.60 bits per heavy atom. The number of allylic oxidation sites excluding steroid dienone is 1. The molecule has 0 aromatic carbocycles. The molecule has 0 aromatic rings. The number of nitrogens with two attached hydrogens (primary N) is 1. The molecular weight excluding hydrogens is 284 g/mol. The van der Waals surface area contributed by atoms with E-state index >= 15 is 0 Å². The number of hydrogen-bond acceptors (Lipinski definition) is 3. The van der Waals surface area contributed by atoms with Gasteiger partial charge in [0.05, 0.1) is 0 Å². The average molecular weight is 299 g/mol. The van der Waals surface area contributed by atoms with Crippen LogP contribution < -0.4 is 10.5 Å². The van der Waals surface area contributed by atoms with Crippen molar-refractivity contribution < 1.29 is 14.7 Å². The number of carboxylic acid groups (broad SMARTS) is 1. The summed E-state index contributed by atoms with van der Waals surface area (Å²) in [6.07, 6.45) is 3.15. The number of carbonyl (C=O) groups excluding carboxylic acids is 1. The van der Waals surface area contributed by atoms with Crippen LogP contribution in [0.2, 0.25) is 0 Å². The van der Waals surface area contributed by atoms with E-state index < -0.39 is 12.0 Å². The van der Waals surface area contributed by atoms with Gasteiger partial charge in [-0.2, -0.15) is 0 Å². The standard InChI is InChI=1S/C8H14N2O3S.BrH/c1-6(7(11)12)4-2-3-5-14-10-8(9)13;/h4H,2-3,5H2,1H3,(H,11,12)(H3,9,10,13);1H. The maximum Gasteiger partial charge on any atom is 0.330 e. The maximum absolute atomic E-state index is 10.4. The van der Waals surface area contributed by atoms with Gasteiger partial charge in [-0.05, 0) is 31.7 Å². The fourth-order valence-corrected chi connectivity index (χ4v) is 1.24. The third kappa shape index (κ3) is 11.2. The van der Waals surface area contributed by atoms with E-state index in [-0.39, 0.29) is 17.0 Å². The largest absolute Gasteiger partial charge is 0.478 e. The van der Waals surface area contributed by atoms with E-state index in [9.17, 15) is 9.59 Å². The Morgan fingerprint density at radius 2 is 2.13 bits per heavy atom. The molecule has 0 aliphatic rings. The van der Waals surface area contributed by atoms with E-state index in [1.165, 1.54) is 11.9 Å². The van der Waals surface area contributed by atoms with Gasteiger partial charge in [-0.1, -0.05) is 6.08 Å². The molecule has 0 aliphatic carbocycles. The number of carbonyl (C=O) groups is 2. The second-order valence-electron chi connectivity index (χ2n) is 2.65. The van der Waals surface area contributed by atoms with E-state index in [4.69, 9.17) is 10.8 Å². The van der Waals surface area contributed by atoms with Crippen molar-refractivity contribution in [1.29, 1.82) is 0 Å². The number of primary amides is 1. The summed E-state index contributed by atoms with van der Waals surface area (Å²) < 4.78 is 2.37. The molecule has 0 aromatic heterocycles. The number of hydrogen-bond donors (Lipinski definition) is 3. The van der Waals surface area contributed by atoms with Crippen LogP contribution in [0, 0.1) is 0 Å². The van der Waals surface area contributed by atoms with Crippen molar-refractivity contribution in [3.63, 3.8) is 0 Å². The van der Waals surface area contributed by atoms with Crippen LogP contribution in [0.5, 0.6) is 0 Å². The Labute approximate surface area is 103 Å². The second kappa shape index (κ2) is 9.85. The van der Waals surface area contributed by atoms with Crippen molar-refractivity contribution in [3.8, 4) is 0 Å². The zero-order chi connectivity index (χ0) is 11.0. The molecule has 0 saturated heterocycles. The Morgan fingerprint density at radius 1 is 1.53 bits per heavy atom. The molecule has 0 bridgehead atoms. The summed E-state index contributed by atoms with van der Waals surface area (Å²) >= 11 is 1.22. The Balaban J connectivity index is 0. The summed E-state index contributed by atoms with van der Waals surface area (Å²) in [4.78, 5) is 20.6. The highest BCUT2D eigenvalue weighted by atomic mass is 79.9. The lowest BCUT2D eigenvalue weighted by Crippen LogP contribution is -2.23. The van der Waals surface area contributed by atoms with Gasteiger partial charge < -0.3 is 10.8 Å². The predicted molar refractivity (Wildman–Crippen MR) is 66.1 cm³/mol. The number of halogens is 1. The molecule has 15 heavy (non-hydrogen) atoms. The SMILES string of the molecule is Br.CC(=CCCCSNC(N)=O)C(=O)O. The summed E-state index contributed by atoms with van der Waals surface area (Å²) in [6.45, 7) is 1.55. The molecule has 0 atom stereocenters. The third-order valence-electron chi connectivity index (χ3n) is 1.41. The molecular formula is C8H15BrN2O3S. The Kier molecular flexibility index (Phi) is 11.0. The maximum atomic E-state index is 10.4. The summed E-state index contributed by atoms with van der Waals surface area (Å²) in [5, 5.41) is 8.51. The lowest BCUT2D eigenvalue weighted by Gasteiger charge is -1.98. The number of unbranched alkanes of at least 4 members (excludes halogenated alkanes) is 1. The van der Waals surface area contributed by atoms with Gasteiger partial charge in [0.1, 0.15) is 0 Å². The van der Waals surface area contributed by atoms with Gasteiger partial charge in [0, 0.05) is 11.3 Å². The van der Waals surface area contributed by atoms with Crippen LogP contribution >= 0.6 is 28.9 Å². The number of carboxylic acids is 1. The zero-order valence-electron chi connectivity index (χ0n) is 8.36. The van der Waals surface area contributed by atoms with Crippen LogP contribution in [0.3, 0.4) is 0 Å². The van der Waals surface area contributed by atoms with E-state index in [1.807, 2.05) is 0 Å². The topological polar surface area (TPSA) is 92.4 Å². The molecule has 0 aliphatic heterocycles. The first-order valence-electron chi connectivity index (χ1n) is 4.11. The molecule has 5 nitrogen and oxygen atoms in total. The van der Waals surface area contributed by atoms with Crippen molar-refractivity contribution in [2.24, 2.45) is 5.73 Å². The molecule has 0 saturated carbocycles. The van der Waals surface area contributed by atoms with Crippen molar-refractivity contribution in [2.75, 3.05) is 5.75 Å². The highest BCUT2D eigenvalue weighted by Crippen LogP contribution is 2.03. The van der Waals surface area contributed by atoms with Crippen LogP contribution in [0.4, 0.5) is 4.79 Å². The molecule has 0 spiro atoms. The van der Waals surface area contributed by atoms with Crippen LogP contribution in [-0.4, -0.2) is 22.9 Å². The minimum atomic E-state index is -0.895. The molecule has 0 radical (unpaired) electrons. The second-order valence-corrected chi connectivity index (χ2v) is 3.55. The molecule has 0 heterocycles. The fourth-order valence-electron chi connectivity index (χ4n) is 0.684. The molecule has 2 amide bonds. The number of urea groups is 1. The lowest BCUT2D eigenvalue weighted by atomic mass is 10.2. The van der Waals surface area contributed by atoms with Gasteiger partial charge in [-0.15, -0.1) is 17.0 Å². The Hall–Kier alpha value is -0.690. The minimum absolute atomic E-state index is 0. The molecule has 4 N–H and O–H groups in total. The quantitative estimate of drug-likeness (QED) is 0.395. The zero-order valence-corrected chi connectivity index (χ0v) is 10.9. The van der Waals surface area contributed by atoms with Gasteiger partial charge >= 0.3 is 12.0 Å². The number of rotatable bonds is 6. The van der Waals surface area contributed by atoms with E-state index in [1.54, 1.807) is 13.0 Å². The monoisotopic (exact) mass is 298 g/mol. The normalized spacial score (nSPS) is 10.3. The van der Waals surface area contributed by atoms with Crippen LogP contribution in [0.15, 0.2) is 11.6 Å². The van der Waals surface area contributed by atoms with Crippen molar-refractivity contribution in [1.82, 2.24) is 4.72 Å². The smallest absolute Gasteiger partial charge is 0.330 e. The summed E-state index contributed by atoms with van der Waals surface area (Å²) in [5.41, 5.74) is 5.18. The van der Waals surface area contributed by atoms with Gasteiger partial charge in [0.2, 0.25) is 0 Å². The van der Waals surface area contributed by atoms with Gasteiger partial charge in [0.15, 0.2) is 0 Å². The third-order valence-corrected chi connectivity index (χ3v) is 2.25. The molecule has 0 unspecified atom stereocenters. The van der Waals surface area contributed by atoms with Gasteiger partial charge in [0.25, 0.3) is 0 Å². The van der Waals surface area contributed by atoms with Crippen molar-refractivity contribution in [2.45, 2.75) is 19.8 Å². The van der Waals surface area contributed by atoms with Crippen molar-refractivity contribution in [3.05, 3.63) is 11.6 Å². The first-order chi connectivity index (χ1) is 6.54. The lowest BCUT2D eigenvalue weighted by molar-refractivity contribution is -0.132. The summed E-state index contributed by atoms with van der Waals surface area (Å²) in [6, 6.07) is -0.563. The van der Waals surface area contributed by atoms with E-state index in [0.29, 0.717) is 17.7 Å². The molecule has 0 fully saturated rings. The summed E-state index contributed by atoms with van der Waals surface area (Å²) in [5.74, 6) is -0.181. The summed E-state index contributed by atoms with van der Waals surface area (Å²) in [7, 11) is 0. The van der Waals surface area contributed by atoms with E-state index in [2.05, 4.69) is 4.72 Å². The average Bonchev–Trinajstić information content (AvgIpc) is 2.09. The molecule has 88 valence electrons. The molecule has 7 heteroatoms. The predicted octanol–water partition coefficient (Wildman–Crippen LogP) is 1.69. The Bertz CT molecular complexity index is 246. The highest BCUT2D eigenvalue weighted by molar-refractivity contribution is 8.93. The first-order valence-corrected chi connectivity index (χ1v) is 5.10. The van der Waals surface area contributed by atoms with Crippen molar-refractivity contribution >= 4 is 40.9 Å². The van der Waals surface area contributed by atoms with Gasteiger partial charge in [-0.25, -0.2) is 9.59 Å². The highest BCUT2D eigenvalue weighted by Gasteiger charge is 1.98. The van der Waals surface area contributed by atoms with Crippen LogP contribution in [0.1, 0.15) is 19.8 Å². The van der Waals surface area contributed by atoms with Crippen LogP contribution in [-0.2, 0) is 4.79 Å². The minimum Gasteiger partial charge on any atom is -0.478 e. The van der Waals surface area contributed by atoms with E-state index in [0.717, 1.165) is 6.42 Å². The number of nitrogens with one attached hydrogen (secondary N) is 1.